The number of aromatic hydroxyl groups is 1. The summed E-state index contributed by atoms with van der Waals surface area (Å²) < 4.78 is 5.51. The second-order valence-corrected chi connectivity index (χ2v) is 16.6. The molecule has 5 N–H and O–H groups in total. The van der Waals surface area contributed by atoms with E-state index in [0.717, 1.165) is 21.7 Å². The highest BCUT2D eigenvalue weighted by Crippen LogP contribution is 2.33. The van der Waals surface area contributed by atoms with Crippen molar-refractivity contribution in [1.29, 1.82) is 0 Å². The zero-order valence-corrected chi connectivity index (χ0v) is 34.0. The molecule has 2 unspecified atom stereocenters. The third kappa shape index (κ3) is 9.68. The summed E-state index contributed by atoms with van der Waals surface area (Å²) in [4.78, 5) is 64.8. The van der Waals surface area contributed by atoms with E-state index < -0.39 is 35.5 Å². The molecular formula is C41H51N9O6S. The van der Waals surface area contributed by atoms with Gasteiger partial charge in [-0.25, -0.2) is 4.98 Å². The van der Waals surface area contributed by atoms with Crippen LogP contribution < -0.4 is 21.3 Å². The minimum Gasteiger partial charge on any atom is -0.507 e. The van der Waals surface area contributed by atoms with Crippen LogP contribution in [0.25, 0.3) is 21.7 Å². The number of benzene rings is 2. The van der Waals surface area contributed by atoms with Gasteiger partial charge in [0.1, 0.15) is 23.9 Å². The number of nitrogens with zero attached hydrogens (tertiary/aromatic N) is 6. The molecule has 2 saturated heterocycles. The largest absolute Gasteiger partial charge is 0.507 e. The number of rotatable bonds is 11. The second kappa shape index (κ2) is 17.3. The lowest BCUT2D eigenvalue weighted by atomic mass is 9.85. The van der Waals surface area contributed by atoms with Crippen molar-refractivity contribution in [3.63, 3.8) is 0 Å². The Morgan fingerprint density at radius 1 is 1.02 bits per heavy atom. The number of carbonyl (C=O) groups is 4. The molecule has 2 aromatic heterocycles. The predicted molar refractivity (Wildman–Crippen MR) is 218 cm³/mol. The van der Waals surface area contributed by atoms with Gasteiger partial charge in [-0.1, -0.05) is 57.2 Å². The van der Waals surface area contributed by atoms with E-state index in [9.17, 15) is 24.3 Å². The van der Waals surface area contributed by atoms with Gasteiger partial charge >= 0.3 is 5.97 Å². The molecule has 2 aliphatic rings. The number of phenols is 1. The van der Waals surface area contributed by atoms with Crippen LogP contribution in [-0.4, -0.2) is 111 Å². The van der Waals surface area contributed by atoms with E-state index in [2.05, 4.69) is 30.7 Å². The van der Waals surface area contributed by atoms with Gasteiger partial charge in [0, 0.05) is 45.1 Å². The number of para-hydroxylation sites is 1. The third-order valence-corrected chi connectivity index (χ3v) is 11.4. The van der Waals surface area contributed by atoms with E-state index in [1.807, 2.05) is 75.4 Å². The van der Waals surface area contributed by atoms with Gasteiger partial charge in [0.25, 0.3) is 0 Å². The Labute approximate surface area is 336 Å². The van der Waals surface area contributed by atoms with Crippen molar-refractivity contribution in [3.05, 3.63) is 71.4 Å². The van der Waals surface area contributed by atoms with Gasteiger partial charge in [0.05, 0.1) is 46.6 Å². The molecule has 4 atom stereocenters. The van der Waals surface area contributed by atoms with Crippen LogP contribution in [0.2, 0.25) is 0 Å². The molecule has 0 bridgehead atoms. The Balaban J connectivity index is 1.09. The average Bonchev–Trinajstić information content (AvgIpc) is 3.80. The maximum Gasteiger partial charge on any atom is 0.302 e. The minimum atomic E-state index is -0.964. The summed E-state index contributed by atoms with van der Waals surface area (Å²) in [6.45, 7) is 13.0. The molecular weight excluding hydrogens is 747 g/mol. The van der Waals surface area contributed by atoms with Crippen LogP contribution in [0.15, 0.2) is 60.1 Å². The van der Waals surface area contributed by atoms with Crippen LogP contribution in [0, 0.1) is 12.3 Å². The molecule has 2 aromatic carbocycles. The van der Waals surface area contributed by atoms with E-state index in [4.69, 9.17) is 10.5 Å². The number of hydrogen-bond donors (Lipinski definition) is 4. The van der Waals surface area contributed by atoms with Crippen LogP contribution >= 0.6 is 11.3 Å². The normalized spacial score (nSPS) is 18.5. The van der Waals surface area contributed by atoms with Crippen molar-refractivity contribution in [2.45, 2.75) is 72.2 Å². The Bertz CT molecular complexity index is 2090. The number of phenolic OH excluding ortho intramolecular Hbond substituents is 1. The first-order valence-electron chi connectivity index (χ1n) is 19.1. The number of hydrogen-bond acceptors (Lipinski definition) is 13. The Morgan fingerprint density at radius 3 is 2.35 bits per heavy atom. The van der Waals surface area contributed by atoms with Crippen molar-refractivity contribution in [2.75, 3.05) is 49.9 Å². The number of nitrogens with one attached hydrogen (secondary N) is 2. The second-order valence-electron chi connectivity index (χ2n) is 15.7. The number of anilines is 2. The van der Waals surface area contributed by atoms with E-state index in [1.165, 1.54) is 11.8 Å². The van der Waals surface area contributed by atoms with Crippen LogP contribution in [0.5, 0.6) is 5.75 Å². The lowest BCUT2D eigenvalue weighted by molar-refractivity contribution is -0.147. The molecule has 0 radical (unpaired) electrons. The fourth-order valence-corrected chi connectivity index (χ4v) is 8.15. The van der Waals surface area contributed by atoms with Crippen molar-refractivity contribution >= 4 is 46.5 Å². The number of amides is 3. The van der Waals surface area contributed by atoms with Gasteiger partial charge in [-0.15, -0.1) is 21.5 Å². The summed E-state index contributed by atoms with van der Waals surface area (Å²) in [5, 5.41) is 24.7. The zero-order valence-electron chi connectivity index (χ0n) is 33.2. The van der Waals surface area contributed by atoms with Gasteiger partial charge in [-0.2, -0.15) is 0 Å². The number of nitrogens with two attached hydrogens (primary N) is 1. The Kier molecular flexibility index (Phi) is 12.4. The van der Waals surface area contributed by atoms with Crippen LogP contribution in [0.3, 0.4) is 0 Å². The zero-order chi connectivity index (χ0) is 41.0. The molecule has 2 fully saturated rings. The highest BCUT2D eigenvalue weighted by atomic mass is 32.1. The molecule has 15 nitrogen and oxygen atoms in total. The molecule has 2 aliphatic heterocycles. The van der Waals surface area contributed by atoms with Gasteiger partial charge in [0.15, 0.2) is 5.82 Å². The van der Waals surface area contributed by atoms with Gasteiger partial charge in [0.2, 0.25) is 17.7 Å². The monoisotopic (exact) mass is 797 g/mol. The summed E-state index contributed by atoms with van der Waals surface area (Å²) >= 11 is 1.57. The lowest BCUT2D eigenvalue weighted by Crippen LogP contribution is -2.59. The average molecular weight is 798 g/mol. The van der Waals surface area contributed by atoms with Crippen molar-refractivity contribution < 1.29 is 29.0 Å². The first-order chi connectivity index (χ1) is 27.1. The fraction of sp³-hybridized carbons (Fsp3) is 0.439. The maximum atomic E-state index is 14.4. The number of carbonyl (C=O) groups excluding carboxylic acids is 4. The topological polar surface area (TPSA) is 196 Å². The number of esters is 1. The molecule has 0 saturated carbocycles. The summed E-state index contributed by atoms with van der Waals surface area (Å²) in [6, 6.07) is 14.4. The molecule has 0 spiro atoms. The van der Waals surface area contributed by atoms with Crippen LogP contribution in [0.4, 0.5) is 11.5 Å². The number of ether oxygens (including phenoxy) is 1. The summed E-state index contributed by atoms with van der Waals surface area (Å²) in [5.74, 6) is -1.27. The summed E-state index contributed by atoms with van der Waals surface area (Å²) in [7, 11) is 0. The van der Waals surface area contributed by atoms with Gasteiger partial charge in [-0.3, -0.25) is 24.1 Å². The molecule has 16 heteroatoms. The van der Waals surface area contributed by atoms with E-state index in [-0.39, 0.29) is 48.9 Å². The van der Waals surface area contributed by atoms with Crippen molar-refractivity contribution in [1.82, 2.24) is 35.6 Å². The third-order valence-electron chi connectivity index (χ3n) is 10.4. The molecule has 57 heavy (non-hydrogen) atoms. The highest BCUT2D eigenvalue weighted by Gasteiger charge is 2.46. The van der Waals surface area contributed by atoms with Gasteiger partial charge in [-0.05, 0) is 48.6 Å². The SMILES string of the molecule is CC(=O)O[C@@H]1C[C@@H](C(=O)NC(C)c2ccc(-c3scnc3C)cc2)N(C(=O)C(NC(=O)CN2CCN(c3cc(-c4ccccc4O)nnc3N)CC2)C(C)(C)C)C1. The molecule has 6 rings (SSSR count). The molecule has 4 aromatic rings. The Hall–Kier alpha value is -5.61. The predicted octanol–water partition coefficient (Wildman–Crippen LogP) is 3.93. The maximum absolute atomic E-state index is 14.4. The number of piperazine rings is 1. The first-order valence-corrected chi connectivity index (χ1v) is 19.9. The van der Waals surface area contributed by atoms with Crippen LogP contribution in [0.1, 0.15) is 58.3 Å². The minimum absolute atomic E-state index is 0.0246. The molecule has 3 amide bonds. The Morgan fingerprint density at radius 2 is 1.72 bits per heavy atom. The standard InChI is InChI=1S/C41H51N9O6S/c1-24(27-11-13-28(14-12-27)36-25(2)43-23-57-36)44-39(54)33-19-29(56-26(3)51)21-50(33)40(55)37(41(4,5)6)45-35(53)22-48-15-17-49(18-16-48)32-20-31(46-47-38(32)42)30-9-7-8-10-34(30)52/h7-14,20,23-24,29,33,37,52H,15-19,21-22H2,1-6H3,(H2,42,47)(H,44,54)(H,45,53)/t24?,29-,33+,37?/m1/s1. The van der Waals surface area contributed by atoms with E-state index in [0.29, 0.717) is 43.1 Å². The number of aryl methyl sites for hydroxylation is 1. The highest BCUT2D eigenvalue weighted by molar-refractivity contribution is 7.13. The molecule has 302 valence electrons. The number of thiazole rings is 1. The number of nitrogen functional groups attached to an aromatic ring is 1. The number of likely N-dealkylation sites (tertiary alicyclic amines) is 1. The fourth-order valence-electron chi connectivity index (χ4n) is 7.34. The van der Waals surface area contributed by atoms with E-state index in [1.54, 1.807) is 35.6 Å². The first kappa shape index (κ1) is 41.0. The van der Waals surface area contributed by atoms with Crippen LogP contribution in [-0.2, 0) is 23.9 Å². The van der Waals surface area contributed by atoms with E-state index >= 15 is 0 Å². The number of aromatic nitrogens is 3. The summed E-state index contributed by atoms with van der Waals surface area (Å²) in [5.41, 5.74) is 11.9. The smallest absolute Gasteiger partial charge is 0.302 e. The summed E-state index contributed by atoms with van der Waals surface area (Å²) in [6.07, 6.45) is -0.542. The molecule has 0 aliphatic carbocycles. The van der Waals surface area contributed by atoms with Gasteiger partial charge < -0.3 is 36.0 Å². The van der Waals surface area contributed by atoms with Crippen molar-refractivity contribution in [3.8, 4) is 27.4 Å². The van der Waals surface area contributed by atoms with Crippen molar-refractivity contribution in [2.24, 2.45) is 5.41 Å². The quantitative estimate of drug-likeness (QED) is 0.160. The lowest BCUT2D eigenvalue weighted by Gasteiger charge is -2.38. The molecule has 4 heterocycles.